The van der Waals surface area contributed by atoms with E-state index in [2.05, 4.69) is 0 Å². The molecule has 0 aliphatic carbocycles. The standard InChI is InChI=1S/C18H20O6/c1-20-12-23-15-8-17(22-11-14-6-4-3-5-7-14)16(10-19)18(9-15)24-13-21-2/h3-10H,11-13H2,1-2H3. The molecule has 0 saturated carbocycles. The molecule has 0 atom stereocenters. The fourth-order valence-electron chi connectivity index (χ4n) is 2.00. The molecular weight excluding hydrogens is 312 g/mol. The zero-order chi connectivity index (χ0) is 17.2. The Hall–Kier alpha value is -2.57. The summed E-state index contributed by atoms with van der Waals surface area (Å²) in [6.07, 6.45) is 0.686. The van der Waals surface area contributed by atoms with Gasteiger partial charge in [0, 0.05) is 26.4 Å². The number of ether oxygens (including phenoxy) is 5. The summed E-state index contributed by atoms with van der Waals surface area (Å²) in [6.45, 7) is 0.397. The largest absolute Gasteiger partial charge is 0.488 e. The lowest BCUT2D eigenvalue weighted by Gasteiger charge is -2.15. The van der Waals surface area contributed by atoms with Gasteiger partial charge in [0.25, 0.3) is 0 Å². The van der Waals surface area contributed by atoms with E-state index in [1.54, 1.807) is 12.1 Å². The Kier molecular flexibility index (Phi) is 7.07. The van der Waals surface area contributed by atoms with Crippen LogP contribution >= 0.6 is 0 Å². The maximum Gasteiger partial charge on any atom is 0.188 e. The SMILES string of the molecule is COCOc1cc(OCOC)c(C=O)c(OCc2ccccc2)c1. The fraction of sp³-hybridized carbons (Fsp3) is 0.278. The average Bonchev–Trinajstić information content (AvgIpc) is 2.63. The van der Waals surface area contributed by atoms with Crippen LogP contribution in [0, 0.1) is 0 Å². The van der Waals surface area contributed by atoms with Crippen LogP contribution in [0.3, 0.4) is 0 Å². The van der Waals surface area contributed by atoms with Crippen molar-refractivity contribution in [2.24, 2.45) is 0 Å². The van der Waals surface area contributed by atoms with Gasteiger partial charge >= 0.3 is 0 Å². The Labute approximate surface area is 140 Å². The van der Waals surface area contributed by atoms with E-state index in [-0.39, 0.29) is 13.6 Å². The van der Waals surface area contributed by atoms with Crippen molar-refractivity contribution < 1.29 is 28.5 Å². The number of methoxy groups -OCH3 is 2. The third kappa shape index (κ3) is 4.97. The highest BCUT2D eigenvalue weighted by atomic mass is 16.7. The van der Waals surface area contributed by atoms with Crippen LogP contribution in [0.5, 0.6) is 17.2 Å². The molecule has 0 aliphatic heterocycles. The highest BCUT2D eigenvalue weighted by Gasteiger charge is 2.14. The molecule has 128 valence electrons. The van der Waals surface area contributed by atoms with E-state index in [1.807, 2.05) is 30.3 Å². The maximum absolute atomic E-state index is 11.5. The molecular formula is C18H20O6. The van der Waals surface area contributed by atoms with Gasteiger partial charge in [0.2, 0.25) is 0 Å². The summed E-state index contributed by atoms with van der Waals surface area (Å²) < 4.78 is 26.4. The van der Waals surface area contributed by atoms with Gasteiger partial charge in [-0.25, -0.2) is 0 Å². The van der Waals surface area contributed by atoms with Crippen molar-refractivity contribution in [3.63, 3.8) is 0 Å². The Morgan fingerprint density at radius 1 is 0.875 bits per heavy atom. The van der Waals surface area contributed by atoms with Crippen molar-refractivity contribution in [2.75, 3.05) is 27.8 Å². The third-order valence-electron chi connectivity index (χ3n) is 3.11. The summed E-state index contributed by atoms with van der Waals surface area (Å²) in [6, 6.07) is 12.9. The molecule has 0 amide bonds. The monoisotopic (exact) mass is 332 g/mol. The molecule has 0 unspecified atom stereocenters. The first-order valence-corrected chi connectivity index (χ1v) is 7.32. The van der Waals surface area contributed by atoms with Crippen LogP contribution < -0.4 is 14.2 Å². The number of hydrogen-bond acceptors (Lipinski definition) is 6. The van der Waals surface area contributed by atoms with Crippen LogP contribution in [-0.4, -0.2) is 34.1 Å². The highest BCUT2D eigenvalue weighted by molar-refractivity contribution is 5.84. The van der Waals surface area contributed by atoms with Crippen LogP contribution in [0.2, 0.25) is 0 Å². The second kappa shape index (κ2) is 9.54. The Balaban J connectivity index is 2.25. The summed E-state index contributed by atoms with van der Waals surface area (Å²) in [4.78, 5) is 11.5. The first-order valence-electron chi connectivity index (χ1n) is 7.32. The average molecular weight is 332 g/mol. The quantitative estimate of drug-likeness (QED) is 0.492. The third-order valence-corrected chi connectivity index (χ3v) is 3.11. The lowest BCUT2D eigenvalue weighted by molar-refractivity contribution is 0.0453. The molecule has 0 aliphatic rings. The molecule has 0 fully saturated rings. The molecule has 0 aromatic heterocycles. The van der Waals surface area contributed by atoms with E-state index < -0.39 is 0 Å². The molecule has 0 heterocycles. The van der Waals surface area contributed by atoms with E-state index in [1.165, 1.54) is 14.2 Å². The van der Waals surface area contributed by atoms with Gasteiger partial charge in [0.15, 0.2) is 19.9 Å². The minimum absolute atomic E-state index is 0.00664. The van der Waals surface area contributed by atoms with Gasteiger partial charge in [-0.1, -0.05) is 30.3 Å². The number of carbonyl (C=O) groups is 1. The van der Waals surface area contributed by atoms with Gasteiger partial charge in [-0.2, -0.15) is 0 Å². The van der Waals surface area contributed by atoms with Gasteiger partial charge in [-0.3, -0.25) is 4.79 Å². The number of rotatable bonds is 10. The smallest absolute Gasteiger partial charge is 0.188 e. The molecule has 6 heteroatoms. The molecule has 2 rings (SSSR count). The molecule has 0 spiro atoms. The van der Waals surface area contributed by atoms with Gasteiger partial charge in [0.05, 0.1) is 5.56 Å². The first kappa shape index (κ1) is 17.8. The first-order chi connectivity index (χ1) is 11.8. The van der Waals surface area contributed by atoms with Gasteiger partial charge in [-0.05, 0) is 5.56 Å². The van der Waals surface area contributed by atoms with Gasteiger partial charge < -0.3 is 23.7 Å². The van der Waals surface area contributed by atoms with Crippen molar-refractivity contribution in [1.82, 2.24) is 0 Å². The minimum Gasteiger partial charge on any atom is -0.488 e. The summed E-state index contributed by atoms with van der Waals surface area (Å²) in [7, 11) is 3.02. The summed E-state index contributed by atoms with van der Waals surface area (Å²) >= 11 is 0. The normalized spacial score (nSPS) is 10.2. The molecule has 6 nitrogen and oxygen atoms in total. The number of hydrogen-bond donors (Lipinski definition) is 0. The summed E-state index contributed by atoms with van der Waals surface area (Å²) in [5.41, 5.74) is 1.28. The number of carbonyl (C=O) groups excluding carboxylic acids is 1. The minimum atomic E-state index is 0.00664. The summed E-state index contributed by atoms with van der Waals surface area (Å²) in [5, 5.41) is 0. The van der Waals surface area contributed by atoms with Crippen molar-refractivity contribution in [3.05, 3.63) is 53.6 Å². The van der Waals surface area contributed by atoms with Crippen molar-refractivity contribution >= 4 is 6.29 Å². The van der Waals surface area contributed by atoms with Crippen molar-refractivity contribution in [2.45, 2.75) is 6.61 Å². The van der Waals surface area contributed by atoms with E-state index >= 15 is 0 Å². The second-order valence-electron chi connectivity index (χ2n) is 4.83. The molecule has 0 bridgehead atoms. The molecule has 24 heavy (non-hydrogen) atoms. The van der Waals surface area contributed by atoms with Crippen molar-refractivity contribution in [3.8, 4) is 17.2 Å². The van der Waals surface area contributed by atoms with Crippen LogP contribution in [0.1, 0.15) is 15.9 Å². The molecule has 2 aromatic carbocycles. The van der Waals surface area contributed by atoms with Gasteiger partial charge in [0.1, 0.15) is 23.9 Å². The lowest BCUT2D eigenvalue weighted by Crippen LogP contribution is -2.06. The number of aldehydes is 1. The Morgan fingerprint density at radius 3 is 2.12 bits per heavy atom. The van der Waals surface area contributed by atoms with E-state index in [9.17, 15) is 4.79 Å². The zero-order valence-corrected chi connectivity index (χ0v) is 13.7. The maximum atomic E-state index is 11.5. The predicted molar refractivity (Wildman–Crippen MR) is 87.6 cm³/mol. The topological polar surface area (TPSA) is 63.2 Å². The number of benzene rings is 2. The van der Waals surface area contributed by atoms with E-state index in [0.29, 0.717) is 35.7 Å². The lowest BCUT2D eigenvalue weighted by atomic mass is 10.1. The van der Waals surface area contributed by atoms with Crippen LogP contribution in [0.15, 0.2) is 42.5 Å². The molecule has 0 radical (unpaired) electrons. The summed E-state index contributed by atoms with van der Waals surface area (Å²) in [5.74, 6) is 1.16. The van der Waals surface area contributed by atoms with E-state index in [4.69, 9.17) is 23.7 Å². The van der Waals surface area contributed by atoms with E-state index in [0.717, 1.165) is 5.56 Å². The van der Waals surface area contributed by atoms with Gasteiger partial charge in [-0.15, -0.1) is 0 Å². The fourth-order valence-corrected chi connectivity index (χ4v) is 2.00. The zero-order valence-electron chi connectivity index (χ0n) is 13.7. The highest BCUT2D eigenvalue weighted by Crippen LogP contribution is 2.33. The van der Waals surface area contributed by atoms with Crippen LogP contribution in [0.25, 0.3) is 0 Å². The Morgan fingerprint density at radius 2 is 1.50 bits per heavy atom. The molecule has 0 N–H and O–H groups in total. The second-order valence-corrected chi connectivity index (χ2v) is 4.83. The molecule has 0 saturated heterocycles. The molecule has 2 aromatic rings. The van der Waals surface area contributed by atoms with Crippen molar-refractivity contribution in [1.29, 1.82) is 0 Å². The predicted octanol–water partition coefficient (Wildman–Crippen LogP) is 3.04. The van der Waals surface area contributed by atoms with Crippen LogP contribution in [-0.2, 0) is 16.1 Å². The van der Waals surface area contributed by atoms with Crippen LogP contribution in [0.4, 0.5) is 0 Å². The Bertz CT molecular complexity index is 641.